The molecule has 45 heavy (non-hydrogen) atoms. The molecular weight excluding hydrogens is 604 g/mol. The first kappa shape index (κ1) is 35.7. The number of fused-ring (bicyclic) bond motifs is 1. The normalized spacial score (nSPS) is 54.4. The van der Waals surface area contributed by atoms with Crippen LogP contribution in [0.2, 0.25) is 0 Å². The molecule has 3 heterocycles. The van der Waals surface area contributed by atoms with Crippen molar-refractivity contribution in [2.75, 3.05) is 20.8 Å². The summed E-state index contributed by atoms with van der Waals surface area (Å²) in [5.41, 5.74) is 0. The first-order chi connectivity index (χ1) is 21.3. The highest BCUT2D eigenvalue weighted by molar-refractivity contribution is 5.00. The Labute approximate surface area is 261 Å². The lowest BCUT2D eigenvalue weighted by Crippen LogP contribution is -2.64. The second-order valence-electron chi connectivity index (χ2n) is 13.3. The Morgan fingerprint density at radius 2 is 1.27 bits per heavy atom. The maximum Gasteiger partial charge on any atom is 0.187 e. The number of rotatable bonds is 8. The van der Waals surface area contributed by atoms with E-state index >= 15 is 0 Å². The van der Waals surface area contributed by atoms with Crippen LogP contribution in [-0.2, 0) is 28.4 Å². The smallest absolute Gasteiger partial charge is 0.187 e. The number of aliphatic hydroxyl groups excluding tert-OH is 9. The summed E-state index contributed by atoms with van der Waals surface area (Å²) in [6, 6.07) is 0. The van der Waals surface area contributed by atoms with Gasteiger partial charge in [-0.25, -0.2) is 0 Å². The van der Waals surface area contributed by atoms with Gasteiger partial charge in [0.25, 0.3) is 0 Å². The van der Waals surface area contributed by atoms with Crippen LogP contribution in [0.1, 0.15) is 39.0 Å². The first-order valence-corrected chi connectivity index (χ1v) is 15.8. The molecule has 2 aliphatic carbocycles. The quantitative estimate of drug-likeness (QED) is 0.112. The summed E-state index contributed by atoms with van der Waals surface area (Å²) in [5, 5.41) is 94.6. The Bertz CT molecular complexity index is 932. The minimum atomic E-state index is -1.70. The third-order valence-corrected chi connectivity index (χ3v) is 10.4. The van der Waals surface area contributed by atoms with Crippen molar-refractivity contribution in [1.29, 1.82) is 0 Å². The largest absolute Gasteiger partial charge is 0.427 e. The summed E-state index contributed by atoms with van der Waals surface area (Å²) < 4.78 is 39.4. The van der Waals surface area contributed by atoms with E-state index < -0.39 is 111 Å². The van der Waals surface area contributed by atoms with Gasteiger partial charge in [0.1, 0.15) is 54.9 Å². The zero-order valence-electron chi connectivity index (χ0n) is 25.7. The summed E-state index contributed by atoms with van der Waals surface area (Å²) in [4.78, 5) is 0. The predicted molar refractivity (Wildman–Crippen MR) is 149 cm³/mol. The number of ether oxygens (including phenoxy) is 7. The van der Waals surface area contributed by atoms with E-state index in [4.69, 9.17) is 33.2 Å². The van der Waals surface area contributed by atoms with Crippen LogP contribution >= 0.6 is 0 Å². The van der Waals surface area contributed by atoms with Gasteiger partial charge in [0.2, 0.25) is 0 Å². The Kier molecular flexibility index (Phi) is 11.8. The van der Waals surface area contributed by atoms with Crippen LogP contribution in [0.15, 0.2) is 0 Å². The maximum atomic E-state index is 10.9. The van der Waals surface area contributed by atoms with Crippen LogP contribution in [0.3, 0.4) is 0 Å². The fourth-order valence-electron chi connectivity index (χ4n) is 7.67. The molecule has 16 heteroatoms. The summed E-state index contributed by atoms with van der Waals surface area (Å²) >= 11 is 0. The molecule has 0 radical (unpaired) electrons. The molecule has 5 rings (SSSR count). The van der Waals surface area contributed by atoms with Crippen molar-refractivity contribution in [3.63, 3.8) is 0 Å². The van der Waals surface area contributed by atoms with Crippen molar-refractivity contribution in [1.82, 2.24) is 0 Å². The molecule has 3 saturated heterocycles. The molecule has 0 aromatic heterocycles. The van der Waals surface area contributed by atoms with Gasteiger partial charge >= 0.3 is 0 Å². The highest BCUT2D eigenvalue weighted by Crippen LogP contribution is 2.43. The molecular formula is C29H51O16+. The van der Waals surface area contributed by atoms with Crippen LogP contribution in [-0.4, -0.2) is 182 Å². The van der Waals surface area contributed by atoms with Gasteiger partial charge in [-0.15, -0.1) is 0 Å². The van der Waals surface area contributed by atoms with Crippen molar-refractivity contribution in [2.45, 2.75) is 149 Å². The lowest BCUT2D eigenvalue weighted by Gasteiger charge is -2.49. The molecule has 16 nitrogen and oxygen atoms in total. The molecule has 0 bridgehead atoms. The molecule has 2 saturated carbocycles. The van der Waals surface area contributed by atoms with Crippen molar-refractivity contribution < 1.29 is 79.1 Å². The van der Waals surface area contributed by atoms with E-state index in [0.717, 1.165) is 0 Å². The molecule has 5 fully saturated rings. The average molecular weight is 656 g/mol. The van der Waals surface area contributed by atoms with Gasteiger partial charge in [-0.05, 0) is 26.2 Å². The van der Waals surface area contributed by atoms with Crippen LogP contribution in [0, 0.1) is 11.8 Å². The molecule has 0 aromatic carbocycles. The average Bonchev–Trinajstić information content (AvgIpc) is 3.01. The van der Waals surface area contributed by atoms with Gasteiger partial charge in [-0.3, -0.25) is 0 Å². The van der Waals surface area contributed by atoms with Crippen molar-refractivity contribution >= 4 is 0 Å². The van der Waals surface area contributed by atoms with E-state index in [0.29, 0.717) is 25.7 Å². The number of hydrogen-bond donors (Lipinski definition) is 9. The maximum absolute atomic E-state index is 10.9. The van der Waals surface area contributed by atoms with Crippen LogP contribution in [0.5, 0.6) is 0 Å². The van der Waals surface area contributed by atoms with E-state index in [1.807, 2.05) is 0 Å². The van der Waals surface area contributed by atoms with Crippen LogP contribution in [0.4, 0.5) is 0 Å². The Morgan fingerprint density at radius 3 is 1.91 bits per heavy atom. The van der Waals surface area contributed by atoms with Gasteiger partial charge in [0.05, 0.1) is 43.0 Å². The Hall–Kier alpha value is -0.640. The third kappa shape index (κ3) is 7.36. The molecule has 0 amide bonds. The lowest BCUT2D eigenvalue weighted by atomic mass is 9.72. The zero-order chi connectivity index (χ0) is 32.7. The fraction of sp³-hybridized carbons (Fsp3) is 1.00. The molecule has 0 spiro atoms. The van der Waals surface area contributed by atoms with Gasteiger partial charge < -0.3 is 79.1 Å². The second-order valence-corrected chi connectivity index (χ2v) is 13.3. The lowest BCUT2D eigenvalue weighted by molar-refractivity contribution is -0.363. The minimum Gasteiger partial charge on any atom is -0.427 e. The van der Waals surface area contributed by atoms with Crippen molar-refractivity contribution in [3.8, 4) is 0 Å². The van der Waals surface area contributed by atoms with E-state index in [2.05, 4.69) is 0 Å². The van der Waals surface area contributed by atoms with E-state index in [1.54, 1.807) is 0 Å². The number of hydrogen-bond acceptors (Lipinski definition) is 15. The van der Waals surface area contributed by atoms with Crippen molar-refractivity contribution in [2.24, 2.45) is 11.8 Å². The molecule has 262 valence electrons. The zero-order valence-corrected chi connectivity index (χ0v) is 25.7. The third-order valence-electron chi connectivity index (χ3n) is 10.4. The molecule has 0 aromatic rings. The molecule has 18 atom stereocenters. The Morgan fingerprint density at radius 1 is 0.644 bits per heavy atom. The van der Waals surface area contributed by atoms with Crippen LogP contribution in [0.25, 0.3) is 0 Å². The summed E-state index contributed by atoms with van der Waals surface area (Å²) in [7, 11) is 3.00. The summed E-state index contributed by atoms with van der Waals surface area (Å²) in [6.07, 6.45) is -17.9. The minimum absolute atomic E-state index is 0.188. The molecule has 3 aliphatic heterocycles. The highest BCUT2D eigenvalue weighted by atomic mass is 16.7. The molecule has 10 N–H and O–H groups in total. The molecule has 5 aliphatic rings. The second kappa shape index (κ2) is 14.9. The van der Waals surface area contributed by atoms with Gasteiger partial charge in [-0.1, -0.05) is 0 Å². The highest BCUT2D eigenvalue weighted by Gasteiger charge is 2.56. The van der Waals surface area contributed by atoms with Crippen molar-refractivity contribution in [3.05, 3.63) is 0 Å². The number of aliphatic hydroxyl groups is 11. The van der Waals surface area contributed by atoms with Crippen LogP contribution < -0.4 is 0 Å². The SMILES string of the molecule is COC1CC(C2[OH+]C3CC(O)CC(O)C3CC2OC2OC(COC3OC(C)C(O)C(O)C3O)C(O)C(O)C2O)CC(OC)C1O. The predicted octanol–water partition coefficient (Wildman–Crippen LogP) is -4.38. The topological polar surface area (TPSA) is 250 Å². The van der Waals surface area contributed by atoms with Gasteiger partial charge in [0, 0.05) is 33.0 Å². The summed E-state index contributed by atoms with van der Waals surface area (Å²) in [6.45, 7) is 1.05. The number of methoxy groups -OCH3 is 2. The summed E-state index contributed by atoms with van der Waals surface area (Å²) in [5.74, 6) is -0.557. The van der Waals surface area contributed by atoms with E-state index in [1.165, 1.54) is 21.1 Å². The van der Waals surface area contributed by atoms with E-state index in [9.17, 15) is 46.0 Å². The fourth-order valence-corrected chi connectivity index (χ4v) is 7.67. The molecule has 18 unspecified atom stereocenters. The van der Waals surface area contributed by atoms with E-state index in [-0.39, 0.29) is 24.4 Å². The Balaban J connectivity index is 1.32. The first-order valence-electron chi connectivity index (χ1n) is 15.8. The monoisotopic (exact) mass is 655 g/mol. The van der Waals surface area contributed by atoms with Gasteiger partial charge in [0.15, 0.2) is 24.8 Å². The van der Waals surface area contributed by atoms with Gasteiger partial charge in [-0.2, -0.15) is 0 Å². The standard InChI is InChI=1S/C29H50O16/c1-10-20(32)23(35)25(37)28(42-10)41-9-19-22(34)24(36)26(38)29(45-19)44-18-8-13-14(31)6-12(30)7-15(13)43-27(18)11-4-16(39-2)21(33)17(5-11)40-3/h10-38H,4-9H2,1-3H3/p+1.